The lowest BCUT2D eigenvalue weighted by Crippen LogP contribution is -2.25. The molecule has 1 N–H and O–H groups in total. The Morgan fingerprint density at radius 3 is 2.77 bits per heavy atom. The van der Waals surface area contributed by atoms with Gasteiger partial charge in [0.25, 0.3) is 0 Å². The number of hydrogen-bond donors (Lipinski definition) is 1. The molecule has 160 valence electrons. The topological polar surface area (TPSA) is 78.3 Å². The smallest absolute Gasteiger partial charge is 0.237 e. The first-order valence-electron chi connectivity index (χ1n) is 9.70. The van der Waals surface area contributed by atoms with Gasteiger partial charge in [-0.15, -0.1) is 16.8 Å². The molecule has 0 fully saturated rings. The molecule has 0 radical (unpaired) electrons. The van der Waals surface area contributed by atoms with Crippen LogP contribution in [-0.4, -0.2) is 32.5 Å². The number of fused-ring (bicyclic) bond motifs is 1. The van der Waals surface area contributed by atoms with E-state index in [9.17, 15) is 9.18 Å². The zero-order valence-corrected chi connectivity index (χ0v) is 17.6. The first-order chi connectivity index (χ1) is 15.0. The highest BCUT2D eigenvalue weighted by Gasteiger charge is 2.29. The molecule has 0 aliphatic carbocycles. The Bertz CT molecular complexity index is 1090. The summed E-state index contributed by atoms with van der Waals surface area (Å²) in [6.45, 7) is 6.34. The van der Waals surface area contributed by atoms with Crippen LogP contribution in [0.4, 0.5) is 10.1 Å². The van der Waals surface area contributed by atoms with Gasteiger partial charge in [-0.05, 0) is 43.3 Å². The van der Waals surface area contributed by atoms with E-state index in [1.807, 2.05) is 28.8 Å². The van der Waals surface area contributed by atoms with E-state index in [0.29, 0.717) is 41.3 Å². The fourth-order valence-electron chi connectivity index (χ4n) is 3.06. The zero-order valence-electron chi connectivity index (χ0n) is 16.8. The number of nitrogens with one attached hydrogen (secondary N) is 1. The minimum absolute atomic E-state index is 0.225. The average Bonchev–Trinajstić information content (AvgIpc) is 3.17. The standard InChI is InChI=1S/C22H21FN4O3S/c1-3-12-27-20(19-13-29-17-6-4-5-7-18(17)30-19)25-26-22(27)31-14(2)21(28)24-16-10-8-15(23)9-11-16/h3-11,14,19H,1,12-13H2,2H3,(H,24,28)/t14-,19+/m0/s1. The fraction of sp³-hybridized carbons (Fsp3) is 0.227. The van der Waals surface area contributed by atoms with E-state index in [4.69, 9.17) is 9.47 Å². The third kappa shape index (κ3) is 4.72. The maximum atomic E-state index is 13.1. The molecule has 1 aliphatic rings. The van der Waals surface area contributed by atoms with E-state index in [1.54, 1.807) is 13.0 Å². The quantitative estimate of drug-likeness (QED) is 0.438. The normalized spacial score (nSPS) is 15.9. The molecule has 2 aromatic carbocycles. The molecule has 0 saturated carbocycles. The first kappa shape index (κ1) is 20.9. The molecule has 0 spiro atoms. The van der Waals surface area contributed by atoms with Gasteiger partial charge in [0.1, 0.15) is 12.4 Å². The SMILES string of the molecule is C=CCn1c(S[C@@H](C)C(=O)Nc2ccc(F)cc2)nnc1[C@H]1COc2ccccc2O1. The maximum Gasteiger partial charge on any atom is 0.237 e. The van der Waals surface area contributed by atoms with Gasteiger partial charge in [-0.25, -0.2) is 4.39 Å². The summed E-state index contributed by atoms with van der Waals surface area (Å²) in [7, 11) is 0. The Labute approximate surface area is 183 Å². The minimum Gasteiger partial charge on any atom is -0.485 e. The van der Waals surface area contributed by atoms with Crippen LogP contribution < -0.4 is 14.8 Å². The molecule has 3 aromatic rings. The summed E-state index contributed by atoms with van der Waals surface area (Å²) in [6.07, 6.45) is 1.30. The van der Waals surface area contributed by atoms with Crippen LogP contribution in [0.3, 0.4) is 0 Å². The van der Waals surface area contributed by atoms with Gasteiger partial charge in [-0.2, -0.15) is 0 Å². The second kappa shape index (κ2) is 9.22. The van der Waals surface area contributed by atoms with E-state index in [0.717, 1.165) is 0 Å². The number of aromatic nitrogens is 3. The number of carbonyl (C=O) groups excluding carboxylic acids is 1. The van der Waals surface area contributed by atoms with Crippen molar-refractivity contribution >= 4 is 23.4 Å². The van der Waals surface area contributed by atoms with Crippen LogP contribution in [0.2, 0.25) is 0 Å². The third-order valence-electron chi connectivity index (χ3n) is 4.62. The number of carbonyl (C=O) groups is 1. The van der Waals surface area contributed by atoms with Crippen LogP contribution in [0.5, 0.6) is 11.5 Å². The molecule has 31 heavy (non-hydrogen) atoms. The van der Waals surface area contributed by atoms with Crippen molar-refractivity contribution in [2.45, 2.75) is 30.0 Å². The van der Waals surface area contributed by atoms with E-state index in [2.05, 4.69) is 22.1 Å². The number of allylic oxidation sites excluding steroid dienone is 1. The number of anilines is 1. The first-order valence-corrected chi connectivity index (χ1v) is 10.6. The summed E-state index contributed by atoms with van der Waals surface area (Å²) >= 11 is 1.27. The van der Waals surface area contributed by atoms with Crippen LogP contribution in [0.25, 0.3) is 0 Å². The molecule has 1 aromatic heterocycles. The van der Waals surface area contributed by atoms with Crippen molar-refractivity contribution in [2.75, 3.05) is 11.9 Å². The Morgan fingerprint density at radius 1 is 1.29 bits per heavy atom. The summed E-state index contributed by atoms with van der Waals surface area (Å²) in [6, 6.07) is 13.1. The van der Waals surface area contributed by atoms with E-state index < -0.39 is 11.4 Å². The Morgan fingerprint density at radius 2 is 2.03 bits per heavy atom. The number of ether oxygens (including phenoxy) is 2. The van der Waals surface area contributed by atoms with Crippen LogP contribution in [0.15, 0.2) is 66.3 Å². The minimum atomic E-state index is -0.463. The van der Waals surface area contributed by atoms with E-state index in [-0.39, 0.29) is 11.7 Å². The number of nitrogens with zero attached hydrogens (tertiary/aromatic N) is 3. The lowest BCUT2D eigenvalue weighted by molar-refractivity contribution is -0.115. The predicted molar refractivity (Wildman–Crippen MR) is 116 cm³/mol. The van der Waals surface area contributed by atoms with Gasteiger partial charge >= 0.3 is 0 Å². The highest BCUT2D eigenvalue weighted by atomic mass is 32.2. The van der Waals surface area contributed by atoms with Crippen molar-refractivity contribution in [3.8, 4) is 11.5 Å². The van der Waals surface area contributed by atoms with Crippen molar-refractivity contribution in [3.05, 3.63) is 72.8 Å². The van der Waals surface area contributed by atoms with Crippen LogP contribution in [0, 0.1) is 5.82 Å². The lowest BCUT2D eigenvalue weighted by atomic mass is 10.2. The number of benzene rings is 2. The van der Waals surface area contributed by atoms with Crippen molar-refractivity contribution < 1.29 is 18.7 Å². The highest BCUT2D eigenvalue weighted by Crippen LogP contribution is 2.36. The number of amides is 1. The summed E-state index contributed by atoms with van der Waals surface area (Å²) < 4.78 is 26.8. The molecule has 7 nitrogen and oxygen atoms in total. The second-order valence-electron chi connectivity index (χ2n) is 6.86. The van der Waals surface area contributed by atoms with Crippen molar-refractivity contribution in [1.29, 1.82) is 0 Å². The monoisotopic (exact) mass is 440 g/mol. The number of rotatable bonds is 7. The Kier molecular flexibility index (Phi) is 6.22. The van der Waals surface area contributed by atoms with Gasteiger partial charge in [0, 0.05) is 12.2 Å². The molecule has 0 bridgehead atoms. The molecule has 0 saturated heterocycles. The molecule has 9 heteroatoms. The highest BCUT2D eigenvalue weighted by molar-refractivity contribution is 8.00. The van der Waals surface area contributed by atoms with Crippen molar-refractivity contribution in [1.82, 2.24) is 14.8 Å². The van der Waals surface area contributed by atoms with Gasteiger partial charge in [0.05, 0.1) is 5.25 Å². The summed E-state index contributed by atoms with van der Waals surface area (Å²) in [5.41, 5.74) is 0.526. The second-order valence-corrected chi connectivity index (χ2v) is 8.17. The lowest BCUT2D eigenvalue weighted by Gasteiger charge is -2.26. The fourth-order valence-corrected chi connectivity index (χ4v) is 3.93. The third-order valence-corrected chi connectivity index (χ3v) is 5.70. The Balaban J connectivity index is 1.48. The van der Waals surface area contributed by atoms with Crippen LogP contribution in [0.1, 0.15) is 18.9 Å². The van der Waals surface area contributed by atoms with Gasteiger partial charge < -0.3 is 14.8 Å². The predicted octanol–water partition coefficient (Wildman–Crippen LogP) is 4.24. The van der Waals surface area contributed by atoms with E-state index in [1.165, 1.54) is 36.0 Å². The maximum absolute atomic E-state index is 13.1. The molecule has 2 atom stereocenters. The molecule has 0 unspecified atom stereocenters. The summed E-state index contributed by atoms with van der Waals surface area (Å²) in [5, 5.41) is 11.5. The number of thioether (sulfide) groups is 1. The number of para-hydroxylation sites is 2. The van der Waals surface area contributed by atoms with Crippen LogP contribution in [-0.2, 0) is 11.3 Å². The van der Waals surface area contributed by atoms with Crippen LogP contribution >= 0.6 is 11.8 Å². The molecule has 1 aliphatic heterocycles. The number of halogens is 1. The molecular weight excluding hydrogens is 419 g/mol. The van der Waals surface area contributed by atoms with Gasteiger partial charge in [-0.1, -0.05) is 30.0 Å². The van der Waals surface area contributed by atoms with Gasteiger partial charge in [0.2, 0.25) is 5.91 Å². The Hall–Kier alpha value is -3.33. The number of hydrogen-bond acceptors (Lipinski definition) is 6. The average molecular weight is 441 g/mol. The molecule has 4 rings (SSSR count). The zero-order chi connectivity index (χ0) is 21.8. The largest absolute Gasteiger partial charge is 0.485 e. The molecular formula is C22H21FN4O3S. The van der Waals surface area contributed by atoms with Crippen molar-refractivity contribution in [2.24, 2.45) is 0 Å². The van der Waals surface area contributed by atoms with Gasteiger partial charge in [-0.3, -0.25) is 9.36 Å². The van der Waals surface area contributed by atoms with Gasteiger partial charge in [0.15, 0.2) is 28.6 Å². The van der Waals surface area contributed by atoms with Crippen molar-refractivity contribution in [3.63, 3.8) is 0 Å². The summed E-state index contributed by atoms with van der Waals surface area (Å²) in [5.74, 6) is 1.35. The summed E-state index contributed by atoms with van der Waals surface area (Å²) in [4.78, 5) is 12.6. The molecule has 1 amide bonds. The molecule has 2 heterocycles. The van der Waals surface area contributed by atoms with E-state index >= 15 is 0 Å².